The standard InChI is InChI=1S/C9H8BrClO/c1-6(10)9(12)7-4-2-3-5-8(7)11/h2-6H,1H3/t6-/m0/s1. The summed E-state index contributed by atoms with van der Waals surface area (Å²) in [4.78, 5) is 11.3. The van der Waals surface area contributed by atoms with Crippen LogP contribution < -0.4 is 0 Å². The lowest BCUT2D eigenvalue weighted by Gasteiger charge is -2.03. The second-order valence-electron chi connectivity index (χ2n) is 2.46. The molecule has 64 valence electrons. The Kier molecular flexibility index (Phi) is 3.29. The fourth-order valence-electron chi connectivity index (χ4n) is 0.875. The van der Waals surface area contributed by atoms with Crippen molar-refractivity contribution in [2.24, 2.45) is 0 Å². The monoisotopic (exact) mass is 246 g/mol. The Morgan fingerprint density at radius 3 is 2.58 bits per heavy atom. The van der Waals surface area contributed by atoms with Crippen molar-refractivity contribution in [1.82, 2.24) is 0 Å². The van der Waals surface area contributed by atoms with E-state index >= 15 is 0 Å². The van der Waals surface area contributed by atoms with Crippen molar-refractivity contribution in [2.75, 3.05) is 0 Å². The summed E-state index contributed by atoms with van der Waals surface area (Å²) in [5, 5.41) is 0.508. The number of carbonyl (C=O) groups is 1. The molecule has 0 radical (unpaired) electrons. The Labute approximate surface area is 84.9 Å². The van der Waals surface area contributed by atoms with Gasteiger partial charge in [-0.25, -0.2) is 0 Å². The summed E-state index contributed by atoms with van der Waals surface area (Å²) in [7, 11) is 0. The number of carbonyl (C=O) groups excluding carboxylic acids is 1. The SMILES string of the molecule is C[C@H](Br)C(=O)c1ccccc1Cl. The number of rotatable bonds is 2. The molecule has 1 aromatic rings. The first-order chi connectivity index (χ1) is 5.63. The van der Waals surface area contributed by atoms with Crippen LogP contribution in [0.1, 0.15) is 17.3 Å². The molecule has 0 spiro atoms. The van der Waals surface area contributed by atoms with Gasteiger partial charge in [0.15, 0.2) is 5.78 Å². The van der Waals surface area contributed by atoms with Crippen molar-refractivity contribution in [2.45, 2.75) is 11.8 Å². The second kappa shape index (κ2) is 4.06. The summed E-state index contributed by atoms with van der Waals surface area (Å²) in [5.74, 6) is 0.0144. The van der Waals surface area contributed by atoms with Gasteiger partial charge >= 0.3 is 0 Å². The minimum atomic E-state index is -0.183. The van der Waals surface area contributed by atoms with E-state index in [4.69, 9.17) is 11.6 Å². The van der Waals surface area contributed by atoms with Crippen LogP contribution in [0.4, 0.5) is 0 Å². The molecule has 0 fully saturated rings. The quantitative estimate of drug-likeness (QED) is 0.579. The van der Waals surface area contributed by atoms with Gasteiger partial charge in [-0.3, -0.25) is 4.79 Å². The fourth-order valence-corrected chi connectivity index (χ4v) is 1.35. The van der Waals surface area contributed by atoms with Crippen molar-refractivity contribution < 1.29 is 4.79 Å². The third-order valence-electron chi connectivity index (χ3n) is 1.50. The van der Waals surface area contributed by atoms with Crippen molar-refractivity contribution in [3.63, 3.8) is 0 Å². The van der Waals surface area contributed by atoms with E-state index in [1.54, 1.807) is 31.2 Å². The van der Waals surface area contributed by atoms with Gasteiger partial charge in [0, 0.05) is 5.56 Å². The van der Waals surface area contributed by atoms with E-state index in [0.717, 1.165) is 0 Å². The van der Waals surface area contributed by atoms with Crippen molar-refractivity contribution >= 4 is 33.3 Å². The molecule has 1 atom stereocenters. The largest absolute Gasteiger partial charge is 0.293 e. The van der Waals surface area contributed by atoms with E-state index in [9.17, 15) is 4.79 Å². The highest BCUT2D eigenvalue weighted by Crippen LogP contribution is 2.18. The van der Waals surface area contributed by atoms with E-state index in [1.165, 1.54) is 0 Å². The third kappa shape index (κ3) is 2.08. The van der Waals surface area contributed by atoms with E-state index in [1.807, 2.05) is 0 Å². The van der Waals surface area contributed by atoms with Crippen molar-refractivity contribution in [3.05, 3.63) is 34.9 Å². The highest BCUT2D eigenvalue weighted by atomic mass is 79.9. The molecular formula is C9H8BrClO. The van der Waals surface area contributed by atoms with E-state index < -0.39 is 0 Å². The van der Waals surface area contributed by atoms with Crippen LogP contribution in [0.2, 0.25) is 5.02 Å². The first-order valence-electron chi connectivity index (χ1n) is 3.55. The molecule has 0 saturated carbocycles. The molecule has 1 aromatic carbocycles. The first-order valence-corrected chi connectivity index (χ1v) is 4.85. The Balaban J connectivity index is 3.03. The number of hydrogen-bond acceptors (Lipinski definition) is 1. The number of Topliss-reactive ketones (excluding diaryl/α,β-unsaturated/α-hetero) is 1. The molecule has 3 heteroatoms. The minimum absolute atomic E-state index is 0.0144. The lowest BCUT2D eigenvalue weighted by Crippen LogP contribution is -2.10. The van der Waals surface area contributed by atoms with E-state index in [2.05, 4.69) is 15.9 Å². The predicted molar refractivity (Wildman–Crippen MR) is 54.2 cm³/mol. The van der Waals surface area contributed by atoms with E-state index in [0.29, 0.717) is 10.6 Å². The highest BCUT2D eigenvalue weighted by molar-refractivity contribution is 9.10. The number of halogens is 2. The van der Waals surface area contributed by atoms with Crippen LogP contribution in [0.5, 0.6) is 0 Å². The van der Waals surface area contributed by atoms with Gasteiger partial charge < -0.3 is 0 Å². The topological polar surface area (TPSA) is 17.1 Å². The van der Waals surface area contributed by atoms with Crippen LogP contribution in [0, 0.1) is 0 Å². The molecule has 0 saturated heterocycles. The average Bonchev–Trinajstić information content (AvgIpc) is 2.04. The average molecular weight is 248 g/mol. The molecule has 0 unspecified atom stereocenters. The van der Waals surface area contributed by atoms with Crippen molar-refractivity contribution in [1.29, 1.82) is 0 Å². The smallest absolute Gasteiger partial charge is 0.177 e. The molecule has 0 aromatic heterocycles. The van der Waals surface area contributed by atoms with Gasteiger partial charge in [0.25, 0.3) is 0 Å². The summed E-state index contributed by atoms with van der Waals surface area (Å²) in [6, 6.07) is 7.04. The molecule has 0 amide bonds. The van der Waals surface area contributed by atoms with Gasteiger partial charge in [-0.1, -0.05) is 39.7 Å². The number of benzene rings is 1. The van der Waals surface area contributed by atoms with Crippen LogP contribution >= 0.6 is 27.5 Å². The van der Waals surface area contributed by atoms with Gasteiger partial charge in [-0.15, -0.1) is 0 Å². The molecule has 12 heavy (non-hydrogen) atoms. The summed E-state index contributed by atoms with van der Waals surface area (Å²) in [6.45, 7) is 1.78. The number of ketones is 1. The molecule has 0 N–H and O–H groups in total. The highest BCUT2D eigenvalue weighted by Gasteiger charge is 2.13. The minimum Gasteiger partial charge on any atom is -0.293 e. The molecule has 0 aliphatic heterocycles. The van der Waals surface area contributed by atoms with Crippen molar-refractivity contribution in [3.8, 4) is 0 Å². The Morgan fingerprint density at radius 1 is 1.50 bits per heavy atom. The van der Waals surface area contributed by atoms with E-state index in [-0.39, 0.29) is 10.6 Å². The molecule has 0 bridgehead atoms. The lowest BCUT2D eigenvalue weighted by molar-refractivity contribution is 0.0996. The van der Waals surface area contributed by atoms with Gasteiger partial charge in [-0.2, -0.15) is 0 Å². The van der Waals surface area contributed by atoms with Gasteiger partial charge in [0.1, 0.15) is 0 Å². The molecule has 0 aliphatic rings. The zero-order valence-electron chi connectivity index (χ0n) is 6.55. The van der Waals surface area contributed by atoms with Crippen LogP contribution in [0.3, 0.4) is 0 Å². The predicted octanol–water partition coefficient (Wildman–Crippen LogP) is 3.31. The second-order valence-corrected chi connectivity index (χ2v) is 4.24. The van der Waals surface area contributed by atoms with Gasteiger partial charge in [0.05, 0.1) is 9.85 Å². The normalized spacial score (nSPS) is 12.6. The molecule has 0 aliphatic carbocycles. The summed E-state index contributed by atoms with van der Waals surface area (Å²) >= 11 is 9.02. The van der Waals surface area contributed by atoms with Gasteiger partial charge in [0.2, 0.25) is 0 Å². The van der Waals surface area contributed by atoms with Crippen LogP contribution in [0.25, 0.3) is 0 Å². The fraction of sp³-hybridized carbons (Fsp3) is 0.222. The Morgan fingerprint density at radius 2 is 2.08 bits per heavy atom. The maximum atomic E-state index is 11.4. The molecule has 0 heterocycles. The molecule has 1 nitrogen and oxygen atoms in total. The maximum Gasteiger partial charge on any atom is 0.177 e. The molecular weight excluding hydrogens is 239 g/mol. The molecule has 1 rings (SSSR count). The number of hydrogen-bond donors (Lipinski definition) is 0. The third-order valence-corrected chi connectivity index (χ3v) is 2.25. The van der Waals surface area contributed by atoms with Crippen LogP contribution in [-0.4, -0.2) is 10.6 Å². The summed E-state index contributed by atoms with van der Waals surface area (Å²) < 4.78 is 0. The summed E-state index contributed by atoms with van der Waals surface area (Å²) in [5.41, 5.74) is 0.573. The van der Waals surface area contributed by atoms with Gasteiger partial charge in [-0.05, 0) is 19.1 Å². The Hall–Kier alpha value is -0.340. The number of alkyl halides is 1. The summed E-state index contributed by atoms with van der Waals surface area (Å²) in [6.07, 6.45) is 0. The van der Waals surface area contributed by atoms with Crippen LogP contribution in [-0.2, 0) is 0 Å². The Bertz CT molecular complexity index is 296. The zero-order chi connectivity index (χ0) is 9.14. The maximum absolute atomic E-state index is 11.4. The first kappa shape index (κ1) is 9.75. The zero-order valence-corrected chi connectivity index (χ0v) is 8.89. The van der Waals surface area contributed by atoms with Crippen LogP contribution in [0.15, 0.2) is 24.3 Å². The lowest BCUT2D eigenvalue weighted by atomic mass is 10.1.